The number of methoxy groups -OCH3 is 1. The van der Waals surface area contributed by atoms with Gasteiger partial charge in [-0.2, -0.15) is 0 Å². The topological polar surface area (TPSA) is 48.8 Å². The second kappa shape index (κ2) is 12.3. The molecule has 2 aromatic rings. The van der Waals surface area contributed by atoms with Gasteiger partial charge in [0.25, 0.3) is 0 Å². The maximum Gasteiger partial charge on any atom is 0.133 e. The van der Waals surface area contributed by atoms with Gasteiger partial charge < -0.3 is 14.4 Å². The van der Waals surface area contributed by atoms with E-state index in [0.29, 0.717) is 28.8 Å². The molecule has 2 aromatic carbocycles. The van der Waals surface area contributed by atoms with Gasteiger partial charge in [0, 0.05) is 32.7 Å². The molecule has 0 saturated carbocycles. The quantitative estimate of drug-likeness (QED) is 0.481. The number of benzene rings is 2. The van der Waals surface area contributed by atoms with Crippen molar-refractivity contribution in [1.82, 2.24) is 9.80 Å². The largest absolute Gasteiger partial charge is 0.496 e. The van der Waals surface area contributed by atoms with Gasteiger partial charge in [0.1, 0.15) is 23.9 Å². The third-order valence-corrected chi connectivity index (χ3v) is 5.50. The zero-order valence-corrected chi connectivity index (χ0v) is 20.0. The summed E-state index contributed by atoms with van der Waals surface area (Å²) in [6.45, 7) is 9.07. The van der Waals surface area contributed by atoms with Crippen molar-refractivity contribution >= 4 is 42.3 Å². The van der Waals surface area contributed by atoms with Gasteiger partial charge >= 0.3 is 0 Å². The third kappa shape index (κ3) is 6.17. The molecule has 5 nitrogen and oxygen atoms in total. The minimum atomic E-state index is 0. The van der Waals surface area contributed by atoms with Crippen molar-refractivity contribution in [3.05, 3.63) is 58.1 Å². The minimum absolute atomic E-state index is 0. The Morgan fingerprint density at radius 2 is 1.60 bits per heavy atom. The molecule has 0 atom stereocenters. The van der Waals surface area contributed by atoms with E-state index in [-0.39, 0.29) is 24.8 Å². The number of para-hydroxylation sites is 1. The average molecular weight is 475 g/mol. The lowest BCUT2D eigenvalue weighted by molar-refractivity contribution is 0.153. The number of piperazine rings is 1. The highest BCUT2D eigenvalue weighted by Crippen LogP contribution is 2.28. The summed E-state index contributed by atoms with van der Waals surface area (Å²) in [5.74, 6) is 2.06. The van der Waals surface area contributed by atoms with Crippen molar-refractivity contribution in [2.24, 2.45) is 0 Å². The van der Waals surface area contributed by atoms with Crippen LogP contribution < -0.4 is 9.47 Å². The first-order valence-electron chi connectivity index (χ1n) is 9.59. The van der Waals surface area contributed by atoms with Crippen LogP contribution in [-0.4, -0.2) is 62.1 Å². The van der Waals surface area contributed by atoms with E-state index < -0.39 is 0 Å². The van der Waals surface area contributed by atoms with Gasteiger partial charge in [-0.3, -0.25) is 10.3 Å². The van der Waals surface area contributed by atoms with Gasteiger partial charge in [0.05, 0.1) is 17.7 Å². The van der Waals surface area contributed by atoms with E-state index in [0.717, 1.165) is 38.5 Å². The van der Waals surface area contributed by atoms with Crippen LogP contribution in [0.15, 0.2) is 36.4 Å². The molecule has 1 aliphatic heterocycles. The zero-order valence-electron chi connectivity index (χ0n) is 17.6. The molecule has 0 aromatic heterocycles. The normalized spacial score (nSPS) is 13.8. The van der Waals surface area contributed by atoms with Gasteiger partial charge in [-0.25, -0.2) is 0 Å². The summed E-state index contributed by atoms with van der Waals surface area (Å²) < 4.78 is 11.4. The van der Waals surface area contributed by atoms with Crippen LogP contribution in [-0.2, 0) is 0 Å². The molecule has 8 heteroatoms. The molecule has 30 heavy (non-hydrogen) atoms. The van der Waals surface area contributed by atoms with E-state index in [9.17, 15) is 0 Å². The van der Waals surface area contributed by atoms with Gasteiger partial charge in [0.2, 0.25) is 0 Å². The number of amidine groups is 1. The van der Waals surface area contributed by atoms with Crippen LogP contribution in [0.4, 0.5) is 0 Å². The summed E-state index contributed by atoms with van der Waals surface area (Å²) in [6, 6.07) is 11.7. The summed E-state index contributed by atoms with van der Waals surface area (Å²) in [5, 5.41) is 9.14. The van der Waals surface area contributed by atoms with Crippen LogP contribution in [0.25, 0.3) is 0 Å². The van der Waals surface area contributed by atoms with Crippen LogP contribution in [0.3, 0.4) is 0 Å². The average Bonchev–Trinajstić information content (AvgIpc) is 2.70. The number of aryl methyl sites for hydroxylation is 2. The number of ether oxygens (including phenoxy) is 2. The Balaban J connectivity index is 0.00000225. The Morgan fingerprint density at radius 1 is 1.00 bits per heavy atom. The fraction of sp³-hybridized carbons (Fsp3) is 0.409. The number of rotatable bonds is 6. The smallest absolute Gasteiger partial charge is 0.133 e. The van der Waals surface area contributed by atoms with Crippen LogP contribution >= 0.6 is 36.4 Å². The lowest BCUT2D eigenvalue weighted by Gasteiger charge is -2.36. The molecule has 0 bridgehead atoms. The molecule has 1 saturated heterocycles. The summed E-state index contributed by atoms with van der Waals surface area (Å²) in [5.41, 5.74) is 3.01. The first kappa shape index (κ1) is 26.4. The third-order valence-electron chi connectivity index (χ3n) is 5.18. The Labute approximate surface area is 196 Å². The fourth-order valence-corrected chi connectivity index (χ4v) is 3.82. The van der Waals surface area contributed by atoms with E-state index in [1.165, 1.54) is 11.1 Å². The first-order chi connectivity index (χ1) is 13.5. The van der Waals surface area contributed by atoms with Gasteiger partial charge in [0.15, 0.2) is 0 Å². The molecule has 0 spiro atoms. The molecular formula is C22H30Cl3N3O2. The monoisotopic (exact) mass is 473 g/mol. The van der Waals surface area contributed by atoms with Crippen molar-refractivity contribution in [2.45, 2.75) is 13.8 Å². The minimum Gasteiger partial charge on any atom is -0.496 e. The molecule has 0 amide bonds. The van der Waals surface area contributed by atoms with E-state index in [1.807, 2.05) is 12.1 Å². The second-order valence-corrected chi connectivity index (χ2v) is 7.47. The second-order valence-electron chi connectivity index (χ2n) is 7.06. The number of nitrogens with zero attached hydrogens (tertiary/aromatic N) is 2. The zero-order chi connectivity index (χ0) is 20.1. The molecule has 166 valence electrons. The summed E-state index contributed by atoms with van der Waals surface area (Å²) in [4.78, 5) is 4.44. The van der Waals surface area contributed by atoms with Crippen LogP contribution in [0, 0.1) is 19.3 Å². The van der Waals surface area contributed by atoms with Crippen molar-refractivity contribution < 1.29 is 9.47 Å². The van der Waals surface area contributed by atoms with E-state index in [4.69, 9.17) is 26.5 Å². The van der Waals surface area contributed by atoms with Crippen molar-refractivity contribution in [1.29, 1.82) is 5.41 Å². The lowest BCUT2D eigenvalue weighted by Crippen LogP contribution is -2.49. The SMILES string of the molecule is COc1cccc(Cl)c1C(=N)N1CCN(CCOc2c(C)cccc2C)CC1.Cl.Cl. The number of hydrogen-bond acceptors (Lipinski definition) is 4. The molecule has 0 radical (unpaired) electrons. The molecule has 0 unspecified atom stereocenters. The molecule has 3 rings (SSSR count). The summed E-state index contributed by atoms with van der Waals surface area (Å²) >= 11 is 6.33. The van der Waals surface area contributed by atoms with Crippen molar-refractivity contribution in [3.8, 4) is 11.5 Å². The van der Waals surface area contributed by atoms with Crippen LogP contribution in [0.5, 0.6) is 11.5 Å². The van der Waals surface area contributed by atoms with E-state index in [1.54, 1.807) is 13.2 Å². The number of nitrogens with one attached hydrogen (secondary N) is 1. The number of hydrogen-bond donors (Lipinski definition) is 1. The maximum atomic E-state index is 8.59. The Kier molecular flexibility index (Phi) is 10.8. The molecule has 1 N–H and O–H groups in total. The van der Waals surface area contributed by atoms with Crippen LogP contribution in [0.1, 0.15) is 16.7 Å². The highest BCUT2D eigenvalue weighted by molar-refractivity contribution is 6.34. The van der Waals surface area contributed by atoms with E-state index in [2.05, 4.69) is 41.8 Å². The molecule has 0 aliphatic carbocycles. The highest BCUT2D eigenvalue weighted by Gasteiger charge is 2.23. The lowest BCUT2D eigenvalue weighted by atomic mass is 10.1. The fourth-order valence-electron chi connectivity index (χ4n) is 3.56. The summed E-state index contributed by atoms with van der Waals surface area (Å²) in [6.07, 6.45) is 0. The van der Waals surface area contributed by atoms with Gasteiger partial charge in [-0.15, -0.1) is 24.8 Å². The number of halogens is 3. The summed E-state index contributed by atoms with van der Waals surface area (Å²) in [7, 11) is 1.61. The Hall–Kier alpha value is -1.66. The van der Waals surface area contributed by atoms with Crippen molar-refractivity contribution in [2.75, 3.05) is 46.4 Å². The predicted octanol–water partition coefficient (Wildman–Crippen LogP) is 4.83. The maximum absolute atomic E-state index is 8.59. The van der Waals surface area contributed by atoms with Crippen LogP contribution in [0.2, 0.25) is 5.02 Å². The molecule has 1 aliphatic rings. The highest BCUT2D eigenvalue weighted by atomic mass is 35.5. The predicted molar refractivity (Wildman–Crippen MR) is 129 cm³/mol. The first-order valence-corrected chi connectivity index (χ1v) is 9.96. The molecule has 1 heterocycles. The Morgan fingerprint density at radius 3 is 2.20 bits per heavy atom. The van der Waals surface area contributed by atoms with Gasteiger partial charge in [-0.1, -0.05) is 35.9 Å². The standard InChI is InChI=1S/C22H28ClN3O2.2ClH/c1-16-6-4-7-17(2)21(16)28-15-14-25-10-12-26(13-11-25)22(24)20-18(23)8-5-9-19(20)27-3;;/h4-9,24H,10-15H2,1-3H3;2*1H. The molecular weight excluding hydrogens is 445 g/mol. The van der Waals surface area contributed by atoms with Crippen molar-refractivity contribution in [3.63, 3.8) is 0 Å². The van der Waals surface area contributed by atoms with Gasteiger partial charge in [-0.05, 0) is 37.1 Å². The molecule has 1 fully saturated rings. The van der Waals surface area contributed by atoms with E-state index >= 15 is 0 Å². The Bertz CT molecular complexity index is 820.